The molecule has 11 heteroatoms. The van der Waals surface area contributed by atoms with Crippen molar-refractivity contribution in [3.63, 3.8) is 0 Å². The van der Waals surface area contributed by atoms with Crippen LogP contribution in [0.15, 0.2) is 47.2 Å². The summed E-state index contributed by atoms with van der Waals surface area (Å²) in [5, 5.41) is 6.39. The van der Waals surface area contributed by atoms with Crippen molar-refractivity contribution in [3.8, 4) is 11.3 Å². The summed E-state index contributed by atoms with van der Waals surface area (Å²) in [6, 6.07) is 7.64. The minimum absolute atomic E-state index is 0.00977. The summed E-state index contributed by atoms with van der Waals surface area (Å²) in [7, 11) is 0. The summed E-state index contributed by atoms with van der Waals surface area (Å²) in [4.78, 5) is 34.4. The number of anilines is 1. The number of rotatable bonds is 6. The Morgan fingerprint density at radius 3 is 2.63 bits per heavy atom. The van der Waals surface area contributed by atoms with Gasteiger partial charge in [-0.2, -0.15) is 0 Å². The molecule has 3 aromatic rings. The maximum atomic E-state index is 13.2. The highest BCUT2D eigenvalue weighted by molar-refractivity contribution is 5.90. The number of aromatic nitrogens is 3. The fourth-order valence-electron chi connectivity index (χ4n) is 4.82. The molecule has 2 fully saturated rings. The number of primary amides is 1. The van der Waals surface area contributed by atoms with Crippen LogP contribution >= 0.6 is 0 Å². The molecule has 182 valence electrons. The van der Waals surface area contributed by atoms with Gasteiger partial charge in [-0.3, -0.25) is 9.78 Å². The van der Waals surface area contributed by atoms with Crippen molar-refractivity contribution in [2.45, 2.75) is 38.3 Å². The number of nitrogens with zero attached hydrogens (tertiary/aromatic N) is 4. The van der Waals surface area contributed by atoms with Gasteiger partial charge in [-0.1, -0.05) is 5.16 Å². The zero-order valence-corrected chi connectivity index (χ0v) is 18.9. The molecule has 0 atom stereocenters. The predicted octanol–water partition coefficient (Wildman–Crippen LogP) is 3.05. The van der Waals surface area contributed by atoms with Gasteiger partial charge in [-0.15, -0.1) is 0 Å². The molecule has 1 aliphatic carbocycles. The summed E-state index contributed by atoms with van der Waals surface area (Å²) in [6.45, 7) is 1.58. The van der Waals surface area contributed by atoms with Crippen molar-refractivity contribution in [1.82, 2.24) is 20.4 Å². The number of nitrogens with two attached hydrogens (primary N) is 1. The monoisotopic (exact) mass is 480 g/mol. The second-order valence-corrected chi connectivity index (χ2v) is 9.12. The first-order valence-corrected chi connectivity index (χ1v) is 11.4. The third kappa shape index (κ3) is 5.08. The van der Waals surface area contributed by atoms with Crippen molar-refractivity contribution >= 4 is 17.8 Å². The summed E-state index contributed by atoms with van der Waals surface area (Å²) in [5.74, 6) is 0.0708. The van der Waals surface area contributed by atoms with Crippen LogP contribution in [0.25, 0.3) is 11.3 Å². The highest BCUT2D eigenvalue weighted by Gasteiger charge is 2.46. The smallest absolute Gasteiger partial charge is 0.407 e. The van der Waals surface area contributed by atoms with Gasteiger partial charge in [-0.25, -0.2) is 14.2 Å². The topological polar surface area (TPSA) is 136 Å². The number of alkyl carbamates (subject to hydrolysis) is 1. The maximum Gasteiger partial charge on any atom is 0.407 e. The number of carbonyl (C=O) groups is 2. The average Bonchev–Trinajstić information content (AvgIpc) is 3.32. The zero-order chi connectivity index (χ0) is 24.4. The molecule has 1 spiro atoms. The van der Waals surface area contributed by atoms with Crippen LogP contribution < -0.4 is 16.0 Å². The molecule has 1 saturated carbocycles. The fraction of sp³-hybridized carbons (Fsp3) is 0.375. The lowest BCUT2D eigenvalue weighted by atomic mass is 9.60. The number of carbonyl (C=O) groups excluding carboxylic acids is 2. The molecule has 2 amide bonds. The number of piperidine rings is 1. The van der Waals surface area contributed by atoms with Crippen LogP contribution in [-0.4, -0.2) is 46.3 Å². The second kappa shape index (κ2) is 9.32. The molecule has 2 aromatic heterocycles. The third-order valence-electron chi connectivity index (χ3n) is 6.75. The quantitative estimate of drug-likeness (QED) is 0.549. The van der Waals surface area contributed by atoms with Crippen LogP contribution in [0, 0.1) is 11.2 Å². The van der Waals surface area contributed by atoms with Crippen molar-refractivity contribution in [1.29, 1.82) is 0 Å². The van der Waals surface area contributed by atoms with E-state index >= 15 is 0 Å². The Hall–Kier alpha value is -4.02. The summed E-state index contributed by atoms with van der Waals surface area (Å²) in [5.41, 5.74) is 6.85. The molecule has 0 bridgehead atoms. The summed E-state index contributed by atoms with van der Waals surface area (Å²) < 4.78 is 23.3. The largest absolute Gasteiger partial charge is 0.441 e. The van der Waals surface area contributed by atoms with E-state index in [1.165, 1.54) is 18.2 Å². The van der Waals surface area contributed by atoms with Gasteiger partial charge < -0.3 is 25.2 Å². The number of hydrogen-bond acceptors (Lipinski definition) is 8. The Labute approximate surface area is 200 Å². The Balaban J connectivity index is 1.08. The van der Waals surface area contributed by atoms with E-state index < -0.39 is 12.0 Å². The number of nitrogens with one attached hydrogen (secondary N) is 1. The first-order chi connectivity index (χ1) is 16.9. The van der Waals surface area contributed by atoms with Gasteiger partial charge in [0.15, 0.2) is 18.1 Å². The van der Waals surface area contributed by atoms with E-state index in [2.05, 4.69) is 20.4 Å². The molecule has 1 aliphatic heterocycles. The Kier molecular flexibility index (Phi) is 6.06. The van der Waals surface area contributed by atoms with Gasteiger partial charge in [-0.05, 0) is 55.4 Å². The lowest BCUT2D eigenvalue weighted by molar-refractivity contribution is 0.0457. The molecule has 5 rings (SSSR count). The van der Waals surface area contributed by atoms with E-state index in [0.717, 1.165) is 50.2 Å². The SMILES string of the molecule is NC(=O)c1cc(COC(=O)NC2CC3(CCN(c4cncc(-c5ccc(F)cc5)n4)CC3)C2)on1. The second-order valence-electron chi connectivity index (χ2n) is 9.12. The van der Waals surface area contributed by atoms with Gasteiger partial charge in [0.2, 0.25) is 0 Å². The molecule has 10 nitrogen and oxygen atoms in total. The van der Waals surface area contributed by atoms with E-state index in [0.29, 0.717) is 5.69 Å². The molecular weight excluding hydrogens is 455 g/mol. The van der Waals surface area contributed by atoms with Crippen molar-refractivity contribution in [2.24, 2.45) is 11.1 Å². The van der Waals surface area contributed by atoms with Crippen LogP contribution in [0.2, 0.25) is 0 Å². The molecule has 3 N–H and O–H groups in total. The third-order valence-corrected chi connectivity index (χ3v) is 6.75. The molecule has 0 radical (unpaired) electrons. The normalized spacial score (nSPS) is 17.1. The molecule has 1 aromatic carbocycles. The van der Waals surface area contributed by atoms with Gasteiger partial charge in [0.25, 0.3) is 5.91 Å². The highest BCUT2D eigenvalue weighted by atomic mass is 19.1. The van der Waals surface area contributed by atoms with E-state index in [9.17, 15) is 14.0 Å². The number of benzene rings is 1. The van der Waals surface area contributed by atoms with E-state index in [1.54, 1.807) is 24.5 Å². The van der Waals surface area contributed by atoms with E-state index in [1.807, 2.05) is 0 Å². The number of hydrogen-bond donors (Lipinski definition) is 2. The predicted molar refractivity (Wildman–Crippen MR) is 123 cm³/mol. The molecular formula is C24H25FN6O4. The highest BCUT2D eigenvalue weighted by Crippen LogP contribution is 2.49. The minimum Gasteiger partial charge on any atom is -0.441 e. The minimum atomic E-state index is -0.706. The van der Waals surface area contributed by atoms with Gasteiger partial charge in [0.05, 0.1) is 18.1 Å². The standard InChI is InChI=1S/C24H25FN6O4/c25-16-3-1-15(2-4-16)20-12-27-13-21(29-20)31-7-5-24(6-8-31)10-17(11-24)28-23(33)34-14-18-9-19(22(26)32)30-35-18/h1-4,9,12-13,17H,5-8,10-11,14H2,(H2,26,32)(H,28,33). The Bertz CT molecular complexity index is 1210. The summed E-state index contributed by atoms with van der Waals surface area (Å²) >= 11 is 0. The lowest BCUT2D eigenvalue weighted by Crippen LogP contribution is -2.55. The maximum absolute atomic E-state index is 13.2. The van der Waals surface area contributed by atoms with Crippen molar-refractivity contribution in [2.75, 3.05) is 18.0 Å². The summed E-state index contributed by atoms with van der Waals surface area (Å²) in [6.07, 6.45) is 6.69. The van der Waals surface area contributed by atoms with Gasteiger partial charge in [0.1, 0.15) is 11.6 Å². The van der Waals surface area contributed by atoms with E-state index in [-0.39, 0.29) is 35.3 Å². The fourth-order valence-corrected chi connectivity index (χ4v) is 4.82. The molecule has 0 unspecified atom stereocenters. The van der Waals surface area contributed by atoms with Crippen LogP contribution in [0.3, 0.4) is 0 Å². The van der Waals surface area contributed by atoms with Crippen molar-refractivity contribution < 1.29 is 23.2 Å². The first kappa shape index (κ1) is 22.8. The van der Waals surface area contributed by atoms with E-state index in [4.69, 9.17) is 20.0 Å². The molecule has 1 saturated heterocycles. The van der Waals surface area contributed by atoms with Crippen LogP contribution in [0.5, 0.6) is 0 Å². The average molecular weight is 481 g/mol. The van der Waals surface area contributed by atoms with Crippen LogP contribution in [0.1, 0.15) is 41.9 Å². The van der Waals surface area contributed by atoms with Crippen LogP contribution in [0.4, 0.5) is 15.0 Å². The lowest BCUT2D eigenvalue weighted by Gasteiger charge is -2.52. The van der Waals surface area contributed by atoms with Crippen molar-refractivity contribution in [3.05, 3.63) is 60.0 Å². The van der Waals surface area contributed by atoms with Gasteiger partial charge in [0, 0.05) is 30.8 Å². The zero-order valence-electron chi connectivity index (χ0n) is 18.9. The number of ether oxygens (including phenoxy) is 1. The molecule has 3 heterocycles. The Morgan fingerprint density at radius 2 is 1.94 bits per heavy atom. The number of halogens is 1. The first-order valence-electron chi connectivity index (χ1n) is 11.4. The number of amides is 2. The Morgan fingerprint density at radius 1 is 1.20 bits per heavy atom. The molecule has 35 heavy (non-hydrogen) atoms. The van der Waals surface area contributed by atoms with Gasteiger partial charge >= 0.3 is 6.09 Å². The molecule has 2 aliphatic rings. The van der Waals surface area contributed by atoms with Crippen LogP contribution in [-0.2, 0) is 11.3 Å².